The summed E-state index contributed by atoms with van der Waals surface area (Å²) in [4.78, 5) is 13.6. The van der Waals surface area contributed by atoms with Crippen LogP contribution in [0.1, 0.15) is 5.56 Å². The number of hydrogen-bond acceptors (Lipinski definition) is 8. The minimum atomic E-state index is 0.389. The van der Waals surface area contributed by atoms with Crippen LogP contribution in [0.3, 0.4) is 0 Å². The molecule has 4 N–H and O–H groups in total. The quantitative estimate of drug-likeness (QED) is 0.489. The first-order valence-corrected chi connectivity index (χ1v) is 7.13. The van der Waals surface area contributed by atoms with Crippen molar-refractivity contribution in [3.8, 4) is 5.88 Å². The fraction of sp³-hybridized carbons (Fsp3) is 0.154. The van der Waals surface area contributed by atoms with Crippen LogP contribution in [0, 0.1) is 0 Å². The molecule has 8 heteroatoms. The van der Waals surface area contributed by atoms with Crippen LogP contribution >= 0.6 is 11.3 Å². The Labute approximate surface area is 125 Å². The summed E-state index contributed by atoms with van der Waals surface area (Å²) < 4.78 is 5.11. The van der Waals surface area contributed by atoms with E-state index in [1.807, 2.05) is 23.6 Å². The van der Waals surface area contributed by atoms with E-state index in [9.17, 15) is 0 Å². The van der Waals surface area contributed by atoms with Crippen molar-refractivity contribution >= 4 is 33.3 Å². The summed E-state index contributed by atoms with van der Waals surface area (Å²) in [6.45, 7) is 0.602. The number of methoxy groups -OCH3 is 1. The molecule has 0 atom stereocenters. The van der Waals surface area contributed by atoms with Gasteiger partial charge >= 0.3 is 0 Å². The van der Waals surface area contributed by atoms with Crippen molar-refractivity contribution in [1.29, 1.82) is 0 Å². The van der Waals surface area contributed by atoms with Crippen molar-refractivity contribution in [1.82, 2.24) is 15.0 Å². The van der Waals surface area contributed by atoms with Crippen LogP contribution in [-0.4, -0.2) is 22.1 Å². The number of anilines is 2. The molecule has 0 aliphatic carbocycles. The van der Waals surface area contributed by atoms with Gasteiger partial charge in [-0.15, -0.1) is 11.3 Å². The Balaban J connectivity index is 1.85. The Bertz CT molecular complexity index is 759. The van der Waals surface area contributed by atoms with Gasteiger partial charge in [0.2, 0.25) is 11.8 Å². The van der Waals surface area contributed by atoms with Crippen LogP contribution in [0.2, 0.25) is 0 Å². The zero-order valence-corrected chi connectivity index (χ0v) is 12.1. The SMILES string of the molecule is COc1cc(CNc2nc(NN)nc3sccc23)ccn1. The van der Waals surface area contributed by atoms with Gasteiger partial charge in [0.1, 0.15) is 10.6 Å². The maximum Gasteiger partial charge on any atom is 0.240 e. The second-order valence-corrected chi connectivity index (χ2v) is 5.13. The molecule has 0 saturated heterocycles. The first-order chi connectivity index (χ1) is 10.3. The monoisotopic (exact) mass is 302 g/mol. The smallest absolute Gasteiger partial charge is 0.240 e. The van der Waals surface area contributed by atoms with Gasteiger partial charge in [0, 0.05) is 18.8 Å². The number of rotatable bonds is 5. The first kappa shape index (κ1) is 13.5. The van der Waals surface area contributed by atoms with E-state index in [4.69, 9.17) is 10.6 Å². The second kappa shape index (κ2) is 5.90. The van der Waals surface area contributed by atoms with Gasteiger partial charge in [-0.1, -0.05) is 0 Å². The fourth-order valence-corrected chi connectivity index (χ4v) is 2.68. The van der Waals surface area contributed by atoms with Crippen molar-refractivity contribution < 1.29 is 4.74 Å². The third-order valence-corrected chi connectivity index (χ3v) is 3.73. The zero-order chi connectivity index (χ0) is 14.7. The predicted molar refractivity (Wildman–Crippen MR) is 83.3 cm³/mol. The van der Waals surface area contributed by atoms with Crippen molar-refractivity contribution in [2.45, 2.75) is 6.54 Å². The molecule has 108 valence electrons. The maximum absolute atomic E-state index is 5.40. The van der Waals surface area contributed by atoms with Gasteiger partial charge in [-0.3, -0.25) is 5.43 Å². The lowest BCUT2D eigenvalue weighted by Crippen LogP contribution is -2.12. The van der Waals surface area contributed by atoms with Gasteiger partial charge in [-0.25, -0.2) is 15.8 Å². The molecule has 0 fully saturated rings. The van der Waals surface area contributed by atoms with Crippen LogP contribution in [0.25, 0.3) is 10.2 Å². The molecule has 3 heterocycles. The topological polar surface area (TPSA) is 98.0 Å². The van der Waals surface area contributed by atoms with E-state index >= 15 is 0 Å². The number of nitrogen functional groups attached to an aromatic ring is 1. The highest BCUT2D eigenvalue weighted by atomic mass is 32.1. The minimum absolute atomic E-state index is 0.389. The number of thiophene rings is 1. The van der Waals surface area contributed by atoms with E-state index in [0.717, 1.165) is 21.6 Å². The lowest BCUT2D eigenvalue weighted by atomic mass is 10.2. The molecule has 0 bridgehead atoms. The molecule has 21 heavy (non-hydrogen) atoms. The molecule has 0 amide bonds. The summed E-state index contributed by atoms with van der Waals surface area (Å²) >= 11 is 1.54. The Morgan fingerprint density at radius 1 is 1.33 bits per heavy atom. The normalized spacial score (nSPS) is 10.6. The Kier molecular flexibility index (Phi) is 3.80. The van der Waals surface area contributed by atoms with Crippen LogP contribution in [0.4, 0.5) is 11.8 Å². The summed E-state index contributed by atoms with van der Waals surface area (Å²) in [6, 6.07) is 5.78. The molecule has 0 radical (unpaired) electrons. The van der Waals surface area contributed by atoms with Crippen molar-refractivity contribution in [2.75, 3.05) is 17.9 Å². The number of nitrogens with zero attached hydrogens (tertiary/aromatic N) is 3. The zero-order valence-electron chi connectivity index (χ0n) is 11.3. The number of nitrogens with one attached hydrogen (secondary N) is 2. The number of ether oxygens (including phenoxy) is 1. The molecular weight excluding hydrogens is 288 g/mol. The van der Waals surface area contributed by atoms with Crippen LogP contribution in [-0.2, 0) is 6.54 Å². The molecule has 0 aliphatic rings. The fourth-order valence-electron chi connectivity index (χ4n) is 1.91. The van der Waals surface area contributed by atoms with Crippen LogP contribution in [0.5, 0.6) is 5.88 Å². The van der Waals surface area contributed by atoms with E-state index in [0.29, 0.717) is 18.4 Å². The molecule has 0 saturated carbocycles. The molecule has 0 aliphatic heterocycles. The minimum Gasteiger partial charge on any atom is -0.481 e. The lowest BCUT2D eigenvalue weighted by Gasteiger charge is -2.09. The van der Waals surface area contributed by atoms with Gasteiger partial charge < -0.3 is 10.1 Å². The third-order valence-electron chi connectivity index (χ3n) is 2.92. The molecule has 3 aromatic heterocycles. The van der Waals surface area contributed by atoms with Crippen molar-refractivity contribution in [3.63, 3.8) is 0 Å². The first-order valence-electron chi connectivity index (χ1n) is 6.25. The molecule has 3 rings (SSSR count). The van der Waals surface area contributed by atoms with Crippen LogP contribution < -0.4 is 21.3 Å². The van der Waals surface area contributed by atoms with Gasteiger partial charge in [-0.2, -0.15) is 4.98 Å². The van der Waals surface area contributed by atoms with Gasteiger partial charge in [0.25, 0.3) is 0 Å². The van der Waals surface area contributed by atoms with Crippen molar-refractivity contribution in [2.24, 2.45) is 5.84 Å². The highest BCUT2D eigenvalue weighted by Gasteiger charge is 2.08. The molecule has 0 spiro atoms. The molecule has 0 aromatic carbocycles. The number of hydrogen-bond donors (Lipinski definition) is 3. The molecule has 7 nitrogen and oxygen atoms in total. The number of pyridine rings is 1. The summed E-state index contributed by atoms with van der Waals surface area (Å²) in [5.41, 5.74) is 3.53. The van der Waals surface area contributed by atoms with E-state index in [1.165, 1.54) is 0 Å². The summed E-state index contributed by atoms with van der Waals surface area (Å²) in [5.74, 6) is 7.12. The predicted octanol–water partition coefficient (Wildman–Crippen LogP) is 1.99. The standard InChI is InChI=1S/C13H14N6OS/c1-20-10-6-8(2-4-15-10)7-16-11-9-3-5-21-12(9)18-13(17-11)19-14/h2-6H,7,14H2,1H3,(H2,16,17,18,19). The summed E-state index contributed by atoms with van der Waals surface area (Å²) in [6.07, 6.45) is 1.71. The third kappa shape index (κ3) is 2.86. The van der Waals surface area contributed by atoms with E-state index in [2.05, 4.69) is 25.7 Å². The molecule has 0 unspecified atom stereocenters. The Hall–Kier alpha value is -2.45. The average Bonchev–Trinajstić information content (AvgIpc) is 3.01. The van der Waals surface area contributed by atoms with E-state index in [-0.39, 0.29) is 0 Å². The Morgan fingerprint density at radius 2 is 2.24 bits per heavy atom. The van der Waals surface area contributed by atoms with Crippen LogP contribution in [0.15, 0.2) is 29.8 Å². The number of nitrogens with two attached hydrogens (primary N) is 1. The Morgan fingerprint density at radius 3 is 3.05 bits per heavy atom. The van der Waals surface area contributed by atoms with Gasteiger partial charge in [-0.05, 0) is 23.1 Å². The average molecular weight is 302 g/mol. The van der Waals surface area contributed by atoms with Gasteiger partial charge in [0.15, 0.2) is 0 Å². The maximum atomic E-state index is 5.40. The highest BCUT2D eigenvalue weighted by molar-refractivity contribution is 7.16. The van der Waals surface area contributed by atoms with E-state index < -0.39 is 0 Å². The molecule has 3 aromatic rings. The summed E-state index contributed by atoms with van der Waals surface area (Å²) in [7, 11) is 1.60. The van der Waals surface area contributed by atoms with Crippen molar-refractivity contribution in [3.05, 3.63) is 35.3 Å². The number of aromatic nitrogens is 3. The largest absolute Gasteiger partial charge is 0.481 e. The van der Waals surface area contributed by atoms with Gasteiger partial charge in [0.05, 0.1) is 12.5 Å². The lowest BCUT2D eigenvalue weighted by molar-refractivity contribution is 0.397. The second-order valence-electron chi connectivity index (χ2n) is 4.24. The number of hydrazine groups is 1. The highest BCUT2D eigenvalue weighted by Crippen LogP contribution is 2.26. The molecular formula is C13H14N6OS. The number of fused-ring (bicyclic) bond motifs is 1. The van der Waals surface area contributed by atoms with E-state index in [1.54, 1.807) is 24.6 Å². The summed E-state index contributed by atoms with van der Waals surface area (Å²) in [5, 5.41) is 6.24.